The largest absolute Gasteiger partial charge is 0.361 e. The van der Waals surface area contributed by atoms with Gasteiger partial charge in [0.15, 0.2) is 0 Å². The van der Waals surface area contributed by atoms with E-state index in [0.717, 1.165) is 17.0 Å². The van der Waals surface area contributed by atoms with Gasteiger partial charge in [0.25, 0.3) is 5.69 Å². The molecule has 0 fully saturated rings. The predicted octanol–water partition coefficient (Wildman–Crippen LogP) is 3.05. The summed E-state index contributed by atoms with van der Waals surface area (Å²) >= 11 is 0. The average molecular weight is 275 g/mol. The van der Waals surface area contributed by atoms with Crippen LogP contribution in [0.3, 0.4) is 0 Å². The highest BCUT2D eigenvalue weighted by Crippen LogP contribution is 2.23. The second-order valence-corrected chi connectivity index (χ2v) is 4.73. The van der Waals surface area contributed by atoms with Gasteiger partial charge in [-0.25, -0.2) is 0 Å². The highest BCUT2D eigenvalue weighted by Gasteiger charge is 2.18. The molecular weight excluding hydrogens is 258 g/mol. The topological polar surface area (TPSA) is 81.2 Å². The number of para-hydroxylation sites is 1. The van der Waals surface area contributed by atoms with Crippen molar-refractivity contribution in [1.82, 2.24) is 10.5 Å². The van der Waals surface area contributed by atoms with E-state index >= 15 is 0 Å². The number of nitrogens with zero attached hydrogens (tertiary/aromatic N) is 2. The van der Waals surface area contributed by atoms with E-state index < -0.39 is 0 Å². The highest BCUT2D eigenvalue weighted by molar-refractivity contribution is 5.39. The van der Waals surface area contributed by atoms with Gasteiger partial charge in [-0.3, -0.25) is 10.1 Å². The Labute approximate surface area is 116 Å². The smallest absolute Gasteiger partial charge is 0.273 e. The molecule has 1 aromatic heterocycles. The van der Waals surface area contributed by atoms with Crippen LogP contribution in [0.4, 0.5) is 5.69 Å². The van der Waals surface area contributed by atoms with Crippen LogP contribution in [0, 0.1) is 24.0 Å². The molecule has 2 rings (SSSR count). The van der Waals surface area contributed by atoms with Crippen LogP contribution in [0.25, 0.3) is 0 Å². The normalized spacial score (nSPS) is 12.3. The lowest BCUT2D eigenvalue weighted by molar-refractivity contribution is -0.385. The summed E-state index contributed by atoms with van der Waals surface area (Å²) in [5.41, 5.74) is 2.63. The number of nitro groups is 1. The molecule has 1 aromatic carbocycles. The number of rotatable bonds is 5. The number of hydrogen-bond acceptors (Lipinski definition) is 5. The summed E-state index contributed by atoms with van der Waals surface area (Å²) in [4.78, 5) is 10.6. The fourth-order valence-corrected chi connectivity index (χ4v) is 2.31. The van der Waals surface area contributed by atoms with Crippen molar-refractivity contribution in [3.63, 3.8) is 0 Å². The molecule has 0 aliphatic rings. The van der Waals surface area contributed by atoms with Crippen molar-refractivity contribution < 1.29 is 9.45 Å². The third-order valence-electron chi connectivity index (χ3n) is 3.31. The van der Waals surface area contributed by atoms with E-state index in [0.29, 0.717) is 12.1 Å². The van der Waals surface area contributed by atoms with Gasteiger partial charge in [0, 0.05) is 29.8 Å². The first-order valence-corrected chi connectivity index (χ1v) is 6.39. The van der Waals surface area contributed by atoms with Gasteiger partial charge in [0.2, 0.25) is 0 Å². The summed E-state index contributed by atoms with van der Waals surface area (Å²) in [6, 6.07) is 6.74. The molecule has 0 aliphatic carbocycles. The zero-order chi connectivity index (χ0) is 14.7. The molecule has 1 heterocycles. The van der Waals surface area contributed by atoms with Crippen LogP contribution < -0.4 is 5.32 Å². The molecule has 0 radical (unpaired) electrons. The number of aromatic nitrogens is 1. The Bertz CT molecular complexity index is 602. The third-order valence-corrected chi connectivity index (χ3v) is 3.31. The van der Waals surface area contributed by atoms with Gasteiger partial charge in [-0.1, -0.05) is 23.4 Å². The zero-order valence-corrected chi connectivity index (χ0v) is 11.7. The summed E-state index contributed by atoms with van der Waals surface area (Å²) in [7, 11) is 0. The lowest BCUT2D eigenvalue weighted by atomic mass is 10.1. The van der Waals surface area contributed by atoms with E-state index in [9.17, 15) is 10.1 Å². The Hall–Kier alpha value is -2.21. The van der Waals surface area contributed by atoms with E-state index in [-0.39, 0.29) is 16.7 Å². The second kappa shape index (κ2) is 5.83. The monoisotopic (exact) mass is 275 g/mol. The van der Waals surface area contributed by atoms with Crippen LogP contribution in [0.15, 0.2) is 28.8 Å². The molecule has 0 amide bonds. The number of nitro benzene ring substituents is 1. The molecule has 0 bridgehead atoms. The first-order chi connectivity index (χ1) is 9.50. The van der Waals surface area contributed by atoms with Crippen LogP contribution in [-0.2, 0) is 6.54 Å². The molecule has 20 heavy (non-hydrogen) atoms. The number of aryl methyl sites for hydroxylation is 2. The minimum Gasteiger partial charge on any atom is -0.361 e. The molecule has 1 atom stereocenters. The van der Waals surface area contributed by atoms with Gasteiger partial charge >= 0.3 is 0 Å². The van der Waals surface area contributed by atoms with E-state index in [1.807, 2.05) is 20.8 Å². The lowest BCUT2D eigenvalue weighted by Crippen LogP contribution is -2.19. The summed E-state index contributed by atoms with van der Waals surface area (Å²) in [6.07, 6.45) is 0. The van der Waals surface area contributed by atoms with Gasteiger partial charge in [-0.05, 0) is 20.8 Å². The molecular formula is C14H17N3O3. The maximum atomic E-state index is 11.0. The quantitative estimate of drug-likeness (QED) is 0.670. The first-order valence-electron chi connectivity index (χ1n) is 6.39. The Kier molecular flexibility index (Phi) is 4.14. The maximum Gasteiger partial charge on any atom is 0.273 e. The Morgan fingerprint density at radius 2 is 2.10 bits per heavy atom. The number of hydrogen-bond donors (Lipinski definition) is 1. The highest BCUT2D eigenvalue weighted by atomic mass is 16.6. The van der Waals surface area contributed by atoms with Crippen molar-refractivity contribution in [2.75, 3.05) is 0 Å². The average Bonchev–Trinajstić information content (AvgIpc) is 2.76. The standard InChI is InChI=1S/C14H17N3O3/c1-9(14-10(2)16-20-11(14)3)15-8-12-6-4-5-7-13(12)17(18)19/h4-7,9,15H,8H2,1-3H3. The molecule has 6 nitrogen and oxygen atoms in total. The molecule has 0 spiro atoms. The van der Waals surface area contributed by atoms with E-state index in [4.69, 9.17) is 4.52 Å². The molecule has 0 saturated carbocycles. The van der Waals surface area contributed by atoms with Gasteiger partial charge in [0.05, 0.1) is 10.6 Å². The first kappa shape index (κ1) is 14.2. The van der Waals surface area contributed by atoms with E-state index in [1.165, 1.54) is 6.07 Å². The van der Waals surface area contributed by atoms with E-state index in [2.05, 4.69) is 10.5 Å². The molecule has 0 saturated heterocycles. The third kappa shape index (κ3) is 2.85. The van der Waals surface area contributed by atoms with Crippen LogP contribution in [0.1, 0.15) is 35.5 Å². The minimum atomic E-state index is -0.364. The summed E-state index contributed by atoms with van der Waals surface area (Å²) in [5.74, 6) is 0.769. The SMILES string of the molecule is Cc1noc(C)c1C(C)NCc1ccccc1[N+](=O)[O-]. The molecule has 1 unspecified atom stereocenters. The van der Waals surface area contributed by atoms with Crippen LogP contribution >= 0.6 is 0 Å². The maximum absolute atomic E-state index is 11.0. The van der Waals surface area contributed by atoms with Gasteiger partial charge in [0.1, 0.15) is 5.76 Å². The number of nitrogens with one attached hydrogen (secondary N) is 1. The predicted molar refractivity (Wildman–Crippen MR) is 74.3 cm³/mol. The second-order valence-electron chi connectivity index (χ2n) is 4.73. The van der Waals surface area contributed by atoms with Crippen molar-refractivity contribution >= 4 is 5.69 Å². The van der Waals surface area contributed by atoms with Crippen LogP contribution in [-0.4, -0.2) is 10.1 Å². The summed E-state index contributed by atoms with van der Waals surface area (Å²) in [5, 5.41) is 18.1. The molecule has 2 aromatic rings. The Balaban J connectivity index is 2.11. The van der Waals surface area contributed by atoms with Crippen molar-refractivity contribution in [3.05, 3.63) is 57.0 Å². The van der Waals surface area contributed by atoms with Gasteiger partial charge in [-0.15, -0.1) is 0 Å². The molecule has 6 heteroatoms. The fraction of sp³-hybridized carbons (Fsp3) is 0.357. The van der Waals surface area contributed by atoms with Crippen molar-refractivity contribution in [3.8, 4) is 0 Å². The summed E-state index contributed by atoms with van der Waals surface area (Å²) < 4.78 is 5.13. The van der Waals surface area contributed by atoms with Crippen molar-refractivity contribution in [2.45, 2.75) is 33.4 Å². The van der Waals surface area contributed by atoms with Gasteiger partial charge < -0.3 is 9.84 Å². The Morgan fingerprint density at radius 1 is 1.40 bits per heavy atom. The summed E-state index contributed by atoms with van der Waals surface area (Å²) in [6.45, 7) is 6.15. The molecule has 106 valence electrons. The molecule has 1 N–H and O–H groups in total. The number of benzene rings is 1. The lowest BCUT2D eigenvalue weighted by Gasteiger charge is -2.13. The van der Waals surface area contributed by atoms with E-state index in [1.54, 1.807) is 18.2 Å². The van der Waals surface area contributed by atoms with Gasteiger partial charge in [-0.2, -0.15) is 0 Å². The molecule has 0 aliphatic heterocycles. The van der Waals surface area contributed by atoms with Crippen molar-refractivity contribution in [1.29, 1.82) is 0 Å². The Morgan fingerprint density at radius 3 is 2.70 bits per heavy atom. The zero-order valence-electron chi connectivity index (χ0n) is 11.7. The fourth-order valence-electron chi connectivity index (χ4n) is 2.31. The van der Waals surface area contributed by atoms with Crippen LogP contribution in [0.5, 0.6) is 0 Å². The minimum absolute atomic E-state index is 0.0149. The van der Waals surface area contributed by atoms with Crippen molar-refractivity contribution in [2.24, 2.45) is 0 Å². The van der Waals surface area contributed by atoms with Crippen LogP contribution in [0.2, 0.25) is 0 Å².